The maximum atomic E-state index is 12.4. The molecule has 3 N–H and O–H groups in total. The Bertz CT molecular complexity index is 840. The van der Waals surface area contributed by atoms with E-state index in [1.54, 1.807) is 13.1 Å². The Morgan fingerprint density at radius 3 is 2.67 bits per heavy atom. The first-order valence-electron chi connectivity index (χ1n) is 7.34. The summed E-state index contributed by atoms with van der Waals surface area (Å²) in [6.07, 6.45) is 1.04. The summed E-state index contributed by atoms with van der Waals surface area (Å²) in [5.74, 6) is -1.01. The highest BCUT2D eigenvalue weighted by atomic mass is 16.4. The summed E-state index contributed by atoms with van der Waals surface area (Å²) in [6, 6.07) is 6.65. The number of nitrogens with one attached hydrogen (secondary N) is 2. The van der Waals surface area contributed by atoms with E-state index in [1.165, 1.54) is 0 Å². The average molecular weight is 329 g/mol. The van der Waals surface area contributed by atoms with E-state index in [0.29, 0.717) is 5.69 Å². The first kappa shape index (κ1) is 17.3. The summed E-state index contributed by atoms with van der Waals surface area (Å²) >= 11 is 0. The zero-order valence-electron chi connectivity index (χ0n) is 13.7. The highest BCUT2D eigenvalue weighted by molar-refractivity contribution is 6.43. The predicted octanol–water partition coefficient (Wildman–Crippen LogP) is 1.72. The van der Waals surface area contributed by atoms with Gasteiger partial charge in [0.05, 0.1) is 12.7 Å². The van der Waals surface area contributed by atoms with Crippen molar-refractivity contribution in [2.45, 2.75) is 20.3 Å². The molecule has 0 unspecified atom stereocenters. The van der Waals surface area contributed by atoms with Crippen molar-refractivity contribution in [3.05, 3.63) is 57.6 Å². The highest BCUT2D eigenvalue weighted by Gasteiger charge is 2.18. The lowest BCUT2D eigenvalue weighted by Crippen LogP contribution is -2.27. The fraction of sp³-hybridized carbons (Fsp3) is 0.235. The molecule has 0 spiro atoms. The zero-order valence-corrected chi connectivity index (χ0v) is 13.7. The fourth-order valence-electron chi connectivity index (χ4n) is 2.06. The molecular weight excluding hydrogens is 310 g/mol. The second-order valence-electron chi connectivity index (χ2n) is 5.27. The van der Waals surface area contributed by atoms with Crippen LogP contribution in [0.2, 0.25) is 0 Å². The Morgan fingerprint density at radius 2 is 2.00 bits per heavy atom. The van der Waals surface area contributed by atoms with E-state index < -0.39 is 17.1 Å². The smallest absolute Gasteiger partial charge is 0.272 e. The second-order valence-corrected chi connectivity index (χ2v) is 5.27. The van der Waals surface area contributed by atoms with Gasteiger partial charge >= 0.3 is 0 Å². The van der Waals surface area contributed by atoms with E-state index >= 15 is 0 Å². The lowest BCUT2D eigenvalue weighted by atomic mass is 10.1. The predicted molar refractivity (Wildman–Crippen MR) is 91.4 cm³/mol. The molecule has 0 aliphatic rings. The first-order chi connectivity index (χ1) is 11.4. The van der Waals surface area contributed by atoms with Gasteiger partial charge in [0.15, 0.2) is 5.76 Å². The number of rotatable bonds is 5. The third-order valence-corrected chi connectivity index (χ3v) is 3.53. The van der Waals surface area contributed by atoms with Crippen LogP contribution >= 0.6 is 0 Å². The van der Waals surface area contributed by atoms with Crippen molar-refractivity contribution in [3.8, 4) is 5.75 Å². The van der Waals surface area contributed by atoms with Crippen LogP contribution < -0.4 is 16.2 Å². The molecule has 0 radical (unpaired) electrons. The normalized spacial score (nSPS) is 11.2. The largest absolute Gasteiger partial charge is 0.502 e. The molecule has 7 nitrogen and oxygen atoms in total. The summed E-state index contributed by atoms with van der Waals surface area (Å²) in [4.78, 5) is 23.9. The molecule has 1 amide bonds. The van der Waals surface area contributed by atoms with Crippen molar-refractivity contribution in [1.82, 2.24) is 5.43 Å². The van der Waals surface area contributed by atoms with Gasteiger partial charge in [0.2, 0.25) is 11.2 Å². The Labute approximate surface area is 139 Å². The summed E-state index contributed by atoms with van der Waals surface area (Å²) < 4.78 is 5.11. The molecule has 0 fully saturated rings. The number of amides is 1. The van der Waals surface area contributed by atoms with Gasteiger partial charge in [-0.15, -0.1) is 0 Å². The van der Waals surface area contributed by atoms with Crippen molar-refractivity contribution in [3.63, 3.8) is 0 Å². The van der Waals surface area contributed by atoms with Gasteiger partial charge in [-0.25, -0.2) is 0 Å². The minimum atomic E-state index is -0.574. The molecule has 0 atom stereocenters. The maximum Gasteiger partial charge on any atom is 0.272 e. The summed E-state index contributed by atoms with van der Waals surface area (Å²) in [5.41, 5.74) is 4.83. The van der Waals surface area contributed by atoms with Crippen molar-refractivity contribution in [2.75, 3.05) is 12.4 Å². The van der Waals surface area contributed by atoms with Crippen LogP contribution in [0, 0.1) is 13.8 Å². The Kier molecular flexibility index (Phi) is 5.36. The molecule has 1 heterocycles. The number of aryl methyl sites for hydroxylation is 2. The molecule has 0 saturated heterocycles. The van der Waals surface area contributed by atoms with Crippen LogP contribution in [-0.4, -0.2) is 23.8 Å². The molecule has 1 aromatic heterocycles. The molecule has 2 rings (SSSR count). The second kappa shape index (κ2) is 7.45. The number of carbonyl (C=O) groups excluding carboxylic acids is 1. The van der Waals surface area contributed by atoms with Crippen molar-refractivity contribution >= 4 is 17.3 Å². The number of benzene rings is 1. The SMILES string of the molecule is CN/N=C(/Cc1occc(=O)c1O)C(=O)Nc1ccc(C)c(C)c1. The number of aromatic hydroxyl groups is 1. The monoisotopic (exact) mass is 329 g/mol. The summed E-state index contributed by atoms with van der Waals surface area (Å²) in [5, 5.41) is 16.4. The van der Waals surface area contributed by atoms with Crippen LogP contribution in [0.15, 0.2) is 44.8 Å². The Balaban J connectivity index is 2.22. The molecule has 0 bridgehead atoms. The van der Waals surface area contributed by atoms with E-state index in [-0.39, 0.29) is 17.9 Å². The van der Waals surface area contributed by atoms with Gasteiger partial charge in [-0.1, -0.05) is 6.07 Å². The van der Waals surface area contributed by atoms with Gasteiger partial charge in [0.25, 0.3) is 5.91 Å². The Morgan fingerprint density at radius 1 is 1.25 bits per heavy atom. The third kappa shape index (κ3) is 4.01. The van der Waals surface area contributed by atoms with Crippen molar-refractivity contribution < 1.29 is 14.3 Å². The first-order valence-corrected chi connectivity index (χ1v) is 7.34. The maximum absolute atomic E-state index is 12.4. The lowest BCUT2D eigenvalue weighted by Gasteiger charge is -2.10. The Hall–Kier alpha value is -3.09. The molecular formula is C17H19N3O4. The van der Waals surface area contributed by atoms with Crippen LogP contribution in [0.1, 0.15) is 16.9 Å². The molecule has 126 valence electrons. The minimum Gasteiger partial charge on any atom is -0.502 e. The minimum absolute atomic E-state index is 0.0215. The van der Waals surface area contributed by atoms with E-state index in [4.69, 9.17) is 4.42 Å². The van der Waals surface area contributed by atoms with Crippen LogP contribution in [-0.2, 0) is 11.2 Å². The van der Waals surface area contributed by atoms with Gasteiger partial charge in [-0.05, 0) is 37.1 Å². The number of hydrazone groups is 1. The molecule has 0 aliphatic heterocycles. The highest BCUT2D eigenvalue weighted by Crippen LogP contribution is 2.16. The van der Waals surface area contributed by atoms with Gasteiger partial charge < -0.3 is 20.3 Å². The summed E-state index contributed by atoms with van der Waals surface area (Å²) in [7, 11) is 1.55. The molecule has 0 aliphatic carbocycles. The van der Waals surface area contributed by atoms with Gasteiger partial charge in [0, 0.05) is 18.8 Å². The number of carbonyl (C=O) groups is 1. The molecule has 24 heavy (non-hydrogen) atoms. The van der Waals surface area contributed by atoms with Crippen LogP contribution in [0.5, 0.6) is 5.75 Å². The van der Waals surface area contributed by atoms with Gasteiger partial charge in [-0.3, -0.25) is 9.59 Å². The van der Waals surface area contributed by atoms with Gasteiger partial charge in [0.1, 0.15) is 5.71 Å². The van der Waals surface area contributed by atoms with Crippen molar-refractivity contribution in [1.29, 1.82) is 0 Å². The molecule has 1 aromatic carbocycles. The molecule has 2 aromatic rings. The van der Waals surface area contributed by atoms with Crippen molar-refractivity contribution in [2.24, 2.45) is 5.10 Å². The fourth-order valence-corrected chi connectivity index (χ4v) is 2.06. The van der Waals surface area contributed by atoms with E-state index in [0.717, 1.165) is 23.5 Å². The quantitative estimate of drug-likeness (QED) is 0.572. The number of nitrogens with zero attached hydrogens (tertiary/aromatic N) is 1. The average Bonchev–Trinajstić information content (AvgIpc) is 2.54. The van der Waals surface area contributed by atoms with E-state index in [1.807, 2.05) is 26.0 Å². The van der Waals surface area contributed by atoms with E-state index in [9.17, 15) is 14.7 Å². The standard InChI is InChI=1S/C17H19N3O4/c1-10-4-5-12(8-11(10)2)19-17(23)13(20-18-3)9-15-16(22)14(21)6-7-24-15/h4-8,18,22H,9H2,1-3H3,(H,19,23)/b20-13-. The number of hydrogen-bond acceptors (Lipinski definition) is 6. The van der Waals surface area contributed by atoms with Gasteiger partial charge in [-0.2, -0.15) is 5.10 Å². The van der Waals surface area contributed by atoms with Crippen LogP contribution in [0.3, 0.4) is 0 Å². The third-order valence-electron chi connectivity index (χ3n) is 3.53. The van der Waals surface area contributed by atoms with Crippen LogP contribution in [0.25, 0.3) is 0 Å². The summed E-state index contributed by atoms with van der Waals surface area (Å²) in [6.45, 7) is 3.93. The van der Waals surface area contributed by atoms with E-state index in [2.05, 4.69) is 15.8 Å². The number of anilines is 1. The topological polar surface area (TPSA) is 104 Å². The molecule has 7 heteroatoms. The number of hydrogen-bond donors (Lipinski definition) is 3. The zero-order chi connectivity index (χ0) is 17.7. The molecule has 0 saturated carbocycles. The lowest BCUT2D eigenvalue weighted by molar-refractivity contribution is -0.110. The van der Waals surface area contributed by atoms with Crippen LogP contribution in [0.4, 0.5) is 5.69 Å².